The summed E-state index contributed by atoms with van der Waals surface area (Å²) < 4.78 is 6.51. The molecule has 3 atom stereocenters. The van der Waals surface area contributed by atoms with E-state index in [9.17, 15) is 9.90 Å². The average molecular weight is 573 g/mol. The third-order valence-electron chi connectivity index (χ3n) is 10.3. The first-order valence-electron chi connectivity index (χ1n) is 15.3. The summed E-state index contributed by atoms with van der Waals surface area (Å²) in [4.78, 5) is 17.3. The smallest absolute Gasteiger partial charge is 0.329 e. The Labute approximate surface area is 248 Å². The Bertz CT molecular complexity index is 1410. The van der Waals surface area contributed by atoms with Gasteiger partial charge in [0.25, 0.3) is 0 Å². The van der Waals surface area contributed by atoms with Crippen molar-refractivity contribution < 1.29 is 14.6 Å². The summed E-state index contributed by atoms with van der Waals surface area (Å²) in [5, 5.41) is 14.4. The van der Waals surface area contributed by atoms with Crippen LogP contribution in [0.2, 0.25) is 5.02 Å². The molecule has 1 spiro atoms. The van der Waals surface area contributed by atoms with Crippen molar-refractivity contribution in [2.75, 3.05) is 11.9 Å². The SMILES string of the molecule is CC[C@H]1CCc2nccc(OC[C@H](C)CC3Cc4ccccc4C34CCC(Nc3cccc(Cl)c3)(C(=O)O)CC4)c21. The van der Waals surface area contributed by atoms with Crippen LogP contribution in [0.4, 0.5) is 5.69 Å². The monoisotopic (exact) mass is 572 g/mol. The molecule has 41 heavy (non-hydrogen) atoms. The molecule has 0 radical (unpaired) electrons. The minimum absolute atomic E-state index is 0.00889. The van der Waals surface area contributed by atoms with Crippen LogP contribution in [0.5, 0.6) is 5.75 Å². The molecule has 1 saturated carbocycles. The number of pyridine rings is 1. The van der Waals surface area contributed by atoms with Gasteiger partial charge in [0.2, 0.25) is 0 Å². The summed E-state index contributed by atoms with van der Waals surface area (Å²) in [5.74, 6) is 1.63. The number of aliphatic carboxylic acids is 1. The molecule has 1 fully saturated rings. The number of aryl methyl sites for hydroxylation is 1. The zero-order chi connectivity index (χ0) is 28.6. The third kappa shape index (κ3) is 5.22. The first-order valence-corrected chi connectivity index (χ1v) is 15.7. The number of benzene rings is 2. The van der Waals surface area contributed by atoms with Gasteiger partial charge in [-0.3, -0.25) is 4.98 Å². The minimum Gasteiger partial charge on any atom is -0.493 e. The standard InChI is InChI=1S/C35H41ClN2O3/c1-3-24-11-12-30-32(24)31(13-18-37-30)41-22-23(2)19-26-20-25-7-4-5-10-29(25)34(26)14-16-35(17-15-34,33(39)40)38-28-9-6-8-27(36)21-28/h4-10,13,18,21,23-24,26,38H,3,11-12,14-17,19-20,22H2,1-2H3,(H,39,40)/t23-,24+,26?,34?,35?/m1/s1. The van der Waals surface area contributed by atoms with Gasteiger partial charge in [0.05, 0.1) is 6.61 Å². The number of rotatable bonds is 9. The van der Waals surface area contributed by atoms with Crippen LogP contribution in [-0.2, 0) is 23.1 Å². The molecule has 6 heteroatoms. The van der Waals surface area contributed by atoms with Crippen LogP contribution < -0.4 is 10.1 Å². The minimum atomic E-state index is -0.996. The number of carboxylic acids is 1. The second-order valence-electron chi connectivity index (χ2n) is 12.7. The van der Waals surface area contributed by atoms with Gasteiger partial charge in [0, 0.05) is 28.2 Å². The molecular weight excluding hydrogens is 532 g/mol. The van der Waals surface area contributed by atoms with Crippen molar-refractivity contribution in [3.05, 3.63) is 88.2 Å². The molecule has 0 aliphatic heterocycles. The fraction of sp³-hybridized carbons (Fsp3) is 0.486. The van der Waals surface area contributed by atoms with E-state index in [4.69, 9.17) is 16.3 Å². The van der Waals surface area contributed by atoms with Gasteiger partial charge in [-0.25, -0.2) is 4.79 Å². The van der Waals surface area contributed by atoms with E-state index in [0.29, 0.717) is 42.2 Å². The lowest BCUT2D eigenvalue weighted by atomic mass is 9.59. The molecule has 2 N–H and O–H groups in total. The van der Waals surface area contributed by atoms with Gasteiger partial charge in [0.15, 0.2) is 0 Å². The molecule has 3 aromatic rings. The molecule has 0 saturated heterocycles. The number of nitrogens with zero attached hydrogens (tertiary/aromatic N) is 1. The number of hydrogen-bond donors (Lipinski definition) is 2. The molecular formula is C35H41ClN2O3. The zero-order valence-electron chi connectivity index (χ0n) is 24.2. The summed E-state index contributed by atoms with van der Waals surface area (Å²) in [6, 6.07) is 18.3. The summed E-state index contributed by atoms with van der Waals surface area (Å²) >= 11 is 6.22. The van der Waals surface area contributed by atoms with Crippen molar-refractivity contribution in [1.82, 2.24) is 4.98 Å². The topological polar surface area (TPSA) is 71.5 Å². The van der Waals surface area contributed by atoms with E-state index in [1.807, 2.05) is 36.5 Å². The van der Waals surface area contributed by atoms with Gasteiger partial charge in [-0.15, -0.1) is 0 Å². The number of aromatic nitrogens is 1. The van der Waals surface area contributed by atoms with Crippen molar-refractivity contribution in [2.45, 2.75) is 88.5 Å². The highest BCUT2D eigenvalue weighted by molar-refractivity contribution is 6.30. The molecule has 6 rings (SSSR count). The van der Waals surface area contributed by atoms with Crippen LogP contribution in [0.25, 0.3) is 0 Å². The molecule has 1 heterocycles. The Balaban J connectivity index is 1.19. The van der Waals surface area contributed by atoms with Crippen molar-refractivity contribution in [1.29, 1.82) is 0 Å². The largest absolute Gasteiger partial charge is 0.493 e. The van der Waals surface area contributed by atoms with E-state index in [1.165, 1.54) is 28.8 Å². The number of ether oxygens (including phenoxy) is 1. The van der Waals surface area contributed by atoms with Crippen molar-refractivity contribution in [3.63, 3.8) is 0 Å². The number of anilines is 1. The summed E-state index contributed by atoms with van der Waals surface area (Å²) in [6.45, 7) is 5.25. The number of halogens is 1. The molecule has 1 aromatic heterocycles. The highest BCUT2D eigenvalue weighted by Crippen LogP contribution is 2.56. The van der Waals surface area contributed by atoms with Gasteiger partial charge in [-0.1, -0.05) is 55.8 Å². The van der Waals surface area contributed by atoms with E-state index in [-0.39, 0.29) is 5.41 Å². The molecule has 2 aromatic carbocycles. The lowest BCUT2D eigenvalue weighted by Crippen LogP contribution is -2.53. The lowest BCUT2D eigenvalue weighted by molar-refractivity contribution is -0.144. The fourth-order valence-electron chi connectivity index (χ4n) is 8.12. The number of carboxylic acid groups (broad SMARTS) is 1. The van der Waals surface area contributed by atoms with E-state index in [0.717, 1.165) is 50.0 Å². The number of carbonyl (C=O) groups is 1. The maximum atomic E-state index is 12.7. The highest BCUT2D eigenvalue weighted by Gasteiger charge is 2.54. The fourth-order valence-corrected chi connectivity index (χ4v) is 8.31. The third-order valence-corrected chi connectivity index (χ3v) is 10.5. The molecule has 1 unspecified atom stereocenters. The molecule has 0 bridgehead atoms. The number of fused-ring (bicyclic) bond motifs is 3. The van der Waals surface area contributed by atoms with Gasteiger partial charge in [0.1, 0.15) is 11.3 Å². The Morgan fingerprint density at radius 1 is 1.15 bits per heavy atom. The molecule has 5 nitrogen and oxygen atoms in total. The Morgan fingerprint density at radius 2 is 1.95 bits per heavy atom. The number of hydrogen-bond acceptors (Lipinski definition) is 4. The Morgan fingerprint density at radius 3 is 2.71 bits per heavy atom. The molecule has 3 aliphatic carbocycles. The Hall–Kier alpha value is -3.05. The quantitative estimate of drug-likeness (QED) is 0.270. The predicted octanol–water partition coefficient (Wildman–Crippen LogP) is 8.20. The van der Waals surface area contributed by atoms with Gasteiger partial charge in [-0.05, 0) is 116 Å². The summed E-state index contributed by atoms with van der Waals surface area (Å²) in [7, 11) is 0. The van der Waals surface area contributed by atoms with E-state index >= 15 is 0 Å². The lowest BCUT2D eigenvalue weighted by Gasteiger charge is -2.47. The van der Waals surface area contributed by atoms with Gasteiger partial charge >= 0.3 is 5.97 Å². The summed E-state index contributed by atoms with van der Waals surface area (Å²) in [6.07, 6.45) is 10.2. The van der Waals surface area contributed by atoms with Crippen LogP contribution >= 0.6 is 11.6 Å². The van der Waals surface area contributed by atoms with Gasteiger partial charge in [-0.2, -0.15) is 0 Å². The van der Waals surface area contributed by atoms with Crippen molar-refractivity contribution >= 4 is 23.3 Å². The van der Waals surface area contributed by atoms with Gasteiger partial charge < -0.3 is 15.2 Å². The van der Waals surface area contributed by atoms with E-state index in [1.54, 1.807) is 0 Å². The van der Waals surface area contributed by atoms with Crippen LogP contribution in [0.15, 0.2) is 60.8 Å². The van der Waals surface area contributed by atoms with E-state index in [2.05, 4.69) is 48.4 Å². The molecule has 0 amide bonds. The number of nitrogens with one attached hydrogen (secondary N) is 1. The predicted molar refractivity (Wildman–Crippen MR) is 164 cm³/mol. The molecule has 3 aliphatic rings. The van der Waals surface area contributed by atoms with Crippen molar-refractivity contribution in [2.24, 2.45) is 11.8 Å². The molecule has 216 valence electrons. The summed E-state index contributed by atoms with van der Waals surface area (Å²) in [5.41, 5.74) is 5.15. The average Bonchev–Trinajstić information content (AvgIpc) is 3.53. The normalized spacial score (nSPS) is 27.3. The second-order valence-corrected chi connectivity index (χ2v) is 13.1. The maximum absolute atomic E-state index is 12.7. The van der Waals surface area contributed by atoms with E-state index < -0.39 is 11.5 Å². The van der Waals surface area contributed by atoms with Crippen LogP contribution in [0.3, 0.4) is 0 Å². The van der Waals surface area contributed by atoms with Crippen LogP contribution in [0, 0.1) is 11.8 Å². The highest BCUT2D eigenvalue weighted by atomic mass is 35.5. The zero-order valence-corrected chi connectivity index (χ0v) is 24.9. The first kappa shape index (κ1) is 28.1. The van der Waals surface area contributed by atoms with Crippen LogP contribution in [0.1, 0.15) is 87.1 Å². The maximum Gasteiger partial charge on any atom is 0.329 e. The first-order chi connectivity index (χ1) is 19.8. The van der Waals surface area contributed by atoms with Crippen molar-refractivity contribution in [3.8, 4) is 5.75 Å². The second kappa shape index (κ2) is 11.3. The van der Waals surface area contributed by atoms with Crippen LogP contribution in [-0.4, -0.2) is 28.2 Å². The Kier molecular flexibility index (Phi) is 7.76.